The monoisotopic (exact) mass is 363 g/mol. The Morgan fingerprint density at radius 3 is 2.44 bits per heavy atom. The highest BCUT2D eigenvalue weighted by Crippen LogP contribution is 2.39. The summed E-state index contributed by atoms with van der Waals surface area (Å²) in [6.07, 6.45) is 4.14. The van der Waals surface area contributed by atoms with Gasteiger partial charge in [-0.1, -0.05) is 6.08 Å². The van der Waals surface area contributed by atoms with Gasteiger partial charge in [0.1, 0.15) is 0 Å². The maximum absolute atomic E-state index is 10.8. The number of likely N-dealkylation sites (N-methyl/N-ethyl adjacent to an activating group) is 1. The standard InChI is InChI=1S/C22H25N3O2/c1-6-24-21-11-15(2)17(12-20(21)16(3)13-22(24,4)5)14-23-18-7-9-19(10-8-18)25(26)27/h7-14H,6H2,1-5H3. The lowest BCUT2D eigenvalue weighted by molar-refractivity contribution is -0.384. The number of allylic oxidation sites excluding steroid dienone is 1. The summed E-state index contributed by atoms with van der Waals surface area (Å²) in [6.45, 7) is 11.8. The molecule has 0 saturated heterocycles. The number of non-ortho nitro benzene ring substituents is 1. The first-order valence-corrected chi connectivity index (χ1v) is 9.13. The lowest BCUT2D eigenvalue weighted by atomic mass is 9.87. The van der Waals surface area contributed by atoms with E-state index in [9.17, 15) is 10.1 Å². The maximum atomic E-state index is 10.8. The van der Waals surface area contributed by atoms with E-state index >= 15 is 0 Å². The summed E-state index contributed by atoms with van der Waals surface area (Å²) in [5.74, 6) is 0. The smallest absolute Gasteiger partial charge is 0.269 e. The molecule has 3 rings (SSSR count). The fraction of sp³-hybridized carbons (Fsp3) is 0.318. The summed E-state index contributed by atoms with van der Waals surface area (Å²) >= 11 is 0. The summed E-state index contributed by atoms with van der Waals surface area (Å²) in [4.78, 5) is 17.3. The van der Waals surface area contributed by atoms with Crippen molar-refractivity contribution in [3.05, 3.63) is 69.3 Å². The molecule has 0 radical (unpaired) electrons. The first kappa shape index (κ1) is 18.8. The predicted octanol–water partition coefficient (Wildman–Crippen LogP) is 5.68. The van der Waals surface area contributed by atoms with E-state index in [0.29, 0.717) is 5.69 Å². The lowest BCUT2D eigenvalue weighted by Gasteiger charge is -2.43. The highest BCUT2D eigenvalue weighted by Gasteiger charge is 2.30. The highest BCUT2D eigenvalue weighted by atomic mass is 16.6. The first-order chi connectivity index (χ1) is 12.7. The second-order valence-corrected chi connectivity index (χ2v) is 7.48. The summed E-state index contributed by atoms with van der Waals surface area (Å²) in [7, 11) is 0. The number of fused-ring (bicyclic) bond motifs is 1. The Balaban J connectivity index is 1.97. The quantitative estimate of drug-likeness (QED) is 0.399. The highest BCUT2D eigenvalue weighted by molar-refractivity contribution is 5.90. The molecule has 0 N–H and O–H groups in total. The zero-order chi connectivity index (χ0) is 19.8. The molecule has 0 aliphatic carbocycles. The maximum Gasteiger partial charge on any atom is 0.269 e. The van der Waals surface area contributed by atoms with Gasteiger partial charge in [-0.05, 0) is 75.6 Å². The SMILES string of the molecule is CCN1c2cc(C)c(C=Nc3ccc([N+](=O)[O-])cc3)cc2C(C)=CC1(C)C. The number of benzene rings is 2. The fourth-order valence-electron chi connectivity index (χ4n) is 3.77. The minimum Gasteiger partial charge on any atom is -0.363 e. The number of hydrogen-bond donors (Lipinski definition) is 0. The predicted molar refractivity (Wildman–Crippen MR) is 112 cm³/mol. The number of anilines is 1. The van der Waals surface area contributed by atoms with Crippen LogP contribution in [0.5, 0.6) is 0 Å². The van der Waals surface area contributed by atoms with Gasteiger partial charge in [0.25, 0.3) is 5.69 Å². The molecule has 1 heterocycles. The van der Waals surface area contributed by atoms with Gasteiger partial charge in [0.15, 0.2) is 0 Å². The second-order valence-electron chi connectivity index (χ2n) is 7.48. The van der Waals surface area contributed by atoms with Crippen LogP contribution in [-0.4, -0.2) is 23.2 Å². The number of nitro groups is 1. The van der Waals surface area contributed by atoms with Crippen molar-refractivity contribution in [1.82, 2.24) is 0 Å². The molecule has 0 aromatic heterocycles. The Hall–Kier alpha value is -2.95. The number of nitrogens with zero attached hydrogens (tertiary/aromatic N) is 3. The van der Waals surface area contributed by atoms with Crippen LogP contribution < -0.4 is 4.90 Å². The molecule has 0 atom stereocenters. The van der Waals surface area contributed by atoms with E-state index in [1.807, 2.05) is 6.21 Å². The topological polar surface area (TPSA) is 58.7 Å². The van der Waals surface area contributed by atoms with Gasteiger partial charge in [-0.2, -0.15) is 0 Å². The van der Waals surface area contributed by atoms with Crippen molar-refractivity contribution in [2.24, 2.45) is 4.99 Å². The zero-order valence-corrected chi connectivity index (χ0v) is 16.5. The molecule has 0 spiro atoms. The average Bonchev–Trinajstić information content (AvgIpc) is 2.60. The van der Waals surface area contributed by atoms with Gasteiger partial charge in [-0.15, -0.1) is 0 Å². The number of hydrogen-bond acceptors (Lipinski definition) is 4. The summed E-state index contributed by atoms with van der Waals surface area (Å²) in [6, 6.07) is 10.7. The molecule has 0 fully saturated rings. The normalized spacial score (nSPS) is 15.6. The fourth-order valence-corrected chi connectivity index (χ4v) is 3.77. The van der Waals surface area contributed by atoms with Gasteiger partial charge in [0.2, 0.25) is 0 Å². The average molecular weight is 363 g/mol. The van der Waals surface area contributed by atoms with Gasteiger partial charge in [-0.3, -0.25) is 15.1 Å². The lowest BCUT2D eigenvalue weighted by Crippen LogP contribution is -2.45. The van der Waals surface area contributed by atoms with Crippen molar-refractivity contribution in [2.45, 2.75) is 40.2 Å². The molecule has 5 nitrogen and oxygen atoms in total. The van der Waals surface area contributed by atoms with Crippen LogP contribution in [0.15, 0.2) is 47.5 Å². The van der Waals surface area contributed by atoms with Crippen LogP contribution in [0.25, 0.3) is 5.57 Å². The third-order valence-corrected chi connectivity index (χ3v) is 5.09. The van der Waals surface area contributed by atoms with Crippen molar-refractivity contribution < 1.29 is 4.92 Å². The van der Waals surface area contributed by atoms with Gasteiger partial charge < -0.3 is 4.90 Å². The largest absolute Gasteiger partial charge is 0.363 e. The molecule has 1 aliphatic heterocycles. The third kappa shape index (κ3) is 3.63. The van der Waals surface area contributed by atoms with E-state index in [1.54, 1.807) is 12.1 Å². The molecule has 2 aromatic rings. The molecular weight excluding hydrogens is 338 g/mol. The van der Waals surface area contributed by atoms with Crippen LogP contribution in [0.4, 0.5) is 17.1 Å². The van der Waals surface area contributed by atoms with Gasteiger partial charge in [-0.25, -0.2) is 0 Å². The summed E-state index contributed by atoms with van der Waals surface area (Å²) < 4.78 is 0. The molecule has 0 amide bonds. The van der Waals surface area contributed by atoms with E-state index in [4.69, 9.17) is 0 Å². The van der Waals surface area contributed by atoms with Gasteiger partial charge in [0.05, 0.1) is 16.1 Å². The zero-order valence-electron chi connectivity index (χ0n) is 16.5. The Bertz CT molecular complexity index is 941. The van der Waals surface area contributed by atoms with E-state index in [-0.39, 0.29) is 11.2 Å². The number of aliphatic imine (C=N–C) groups is 1. The van der Waals surface area contributed by atoms with Crippen LogP contribution in [0.3, 0.4) is 0 Å². The molecule has 5 heteroatoms. The molecule has 0 bridgehead atoms. The van der Waals surface area contributed by atoms with Crippen molar-refractivity contribution in [2.75, 3.05) is 11.4 Å². The molecular formula is C22H25N3O2. The van der Waals surface area contributed by atoms with Crippen molar-refractivity contribution in [3.63, 3.8) is 0 Å². The van der Waals surface area contributed by atoms with Crippen LogP contribution in [0.1, 0.15) is 44.4 Å². The molecule has 27 heavy (non-hydrogen) atoms. The van der Waals surface area contributed by atoms with E-state index in [2.05, 4.69) is 62.7 Å². The number of rotatable bonds is 4. The van der Waals surface area contributed by atoms with Crippen molar-refractivity contribution >= 4 is 28.8 Å². The third-order valence-electron chi connectivity index (χ3n) is 5.09. The van der Waals surface area contributed by atoms with Crippen LogP contribution in [0.2, 0.25) is 0 Å². The molecule has 2 aromatic carbocycles. The van der Waals surface area contributed by atoms with E-state index in [1.165, 1.54) is 29.0 Å². The molecule has 0 saturated carbocycles. The Morgan fingerprint density at radius 2 is 1.85 bits per heavy atom. The van der Waals surface area contributed by atoms with Crippen LogP contribution in [0, 0.1) is 17.0 Å². The number of nitro benzene ring substituents is 1. The summed E-state index contributed by atoms with van der Waals surface area (Å²) in [5.41, 5.74) is 6.72. The van der Waals surface area contributed by atoms with Crippen LogP contribution >= 0.6 is 0 Å². The van der Waals surface area contributed by atoms with E-state index < -0.39 is 4.92 Å². The van der Waals surface area contributed by atoms with Crippen molar-refractivity contribution in [3.8, 4) is 0 Å². The number of aryl methyl sites for hydroxylation is 1. The first-order valence-electron chi connectivity index (χ1n) is 9.13. The minimum atomic E-state index is -0.406. The minimum absolute atomic E-state index is 0.00731. The van der Waals surface area contributed by atoms with Crippen LogP contribution in [-0.2, 0) is 0 Å². The van der Waals surface area contributed by atoms with Gasteiger partial charge in [0, 0.05) is 36.1 Å². The van der Waals surface area contributed by atoms with E-state index in [0.717, 1.165) is 17.7 Å². The molecule has 0 unspecified atom stereocenters. The Kier molecular flexibility index (Phi) is 4.87. The molecule has 1 aliphatic rings. The van der Waals surface area contributed by atoms with Gasteiger partial charge >= 0.3 is 0 Å². The Labute approximate surface area is 160 Å². The Morgan fingerprint density at radius 1 is 1.19 bits per heavy atom. The van der Waals surface area contributed by atoms with Crippen molar-refractivity contribution in [1.29, 1.82) is 0 Å². The summed E-state index contributed by atoms with van der Waals surface area (Å²) in [5, 5.41) is 10.8. The molecule has 140 valence electrons. The second kappa shape index (κ2) is 6.99.